The Hall–Kier alpha value is -8.54. The first kappa shape index (κ1) is 73.9. The number of hydrogen-bond donors (Lipinski definition) is 10. The van der Waals surface area contributed by atoms with Gasteiger partial charge in [0, 0.05) is 37.9 Å². The third-order valence-electron chi connectivity index (χ3n) is 19.7. The van der Waals surface area contributed by atoms with E-state index < -0.39 is 23.8 Å². The minimum atomic E-state index is -0.931. The van der Waals surface area contributed by atoms with E-state index in [1.807, 2.05) is 133 Å². The Bertz CT molecular complexity index is 5010. The molecule has 32 heteroatoms. The topological polar surface area (TPSA) is 366 Å². The highest BCUT2D eigenvalue weighted by atomic mass is 32.1. The van der Waals surface area contributed by atoms with Gasteiger partial charge in [-0.05, 0) is 163 Å². The molecule has 5 fully saturated rings. The molecular weight excluding hydrogens is 1470 g/mol. The summed E-state index contributed by atoms with van der Waals surface area (Å²) in [4.78, 5) is 50.2. The normalized spacial score (nSPS) is 23.8. The molecule has 12 aromatic rings. The summed E-state index contributed by atoms with van der Waals surface area (Å²) in [6.07, 6.45) is -0.172. The van der Waals surface area contributed by atoms with Gasteiger partial charge in [0.05, 0.1) is 120 Å². The zero-order valence-electron chi connectivity index (χ0n) is 59.9. The Kier molecular flexibility index (Phi) is 22.1. The van der Waals surface area contributed by atoms with Gasteiger partial charge in [-0.3, -0.25) is 0 Å². The summed E-state index contributed by atoms with van der Waals surface area (Å²) in [5.41, 5.74) is 28.8. The number of aliphatic hydroxyl groups is 2. The maximum absolute atomic E-state index is 10.6. The first-order valence-corrected chi connectivity index (χ1v) is 40.7. The van der Waals surface area contributed by atoms with Crippen molar-refractivity contribution in [3.63, 3.8) is 0 Å². The highest BCUT2D eigenvalue weighted by molar-refractivity contribution is 7.22. The van der Waals surface area contributed by atoms with Crippen LogP contribution in [-0.2, 0) is 38.6 Å². The molecule has 0 spiro atoms. The molecule has 556 valence electrons. The number of thiazole rings is 3. The van der Waals surface area contributed by atoms with Crippen LogP contribution in [-0.4, -0.2) is 141 Å². The molecule has 2 saturated heterocycles. The fourth-order valence-electron chi connectivity index (χ4n) is 14.7. The van der Waals surface area contributed by atoms with Gasteiger partial charge < -0.3 is 72.5 Å². The molecule has 0 unspecified atom stereocenters. The Balaban J connectivity index is 0.000000129. The fourth-order valence-corrected chi connectivity index (χ4v) is 19.9. The van der Waals surface area contributed by atoms with Crippen molar-refractivity contribution >= 4 is 134 Å². The average molecular weight is 1550 g/mol. The minimum absolute atomic E-state index is 0.0119. The van der Waals surface area contributed by atoms with E-state index in [4.69, 9.17) is 80.8 Å². The van der Waals surface area contributed by atoms with E-state index in [2.05, 4.69) is 83.0 Å². The number of para-hydroxylation sites is 3. The van der Waals surface area contributed by atoms with Gasteiger partial charge in [-0.1, -0.05) is 59.7 Å². The van der Waals surface area contributed by atoms with Crippen LogP contribution in [0.1, 0.15) is 78.7 Å². The number of azide groups is 1. The van der Waals surface area contributed by atoms with Crippen molar-refractivity contribution in [1.29, 1.82) is 0 Å². The van der Waals surface area contributed by atoms with Gasteiger partial charge in [0.1, 0.15) is 50.8 Å². The molecular formula is C75H84N20O6S6. The second-order valence-electron chi connectivity index (χ2n) is 28.1. The van der Waals surface area contributed by atoms with Crippen LogP contribution in [0.15, 0.2) is 130 Å². The van der Waals surface area contributed by atoms with E-state index in [0.717, 1.165) is 98.1 Å². The van der Waals surface area contributed by atoms with Crippen LogP contribution < -0.4 is 43.4 Å². The molecule has 0 amide bonds. The summed E-state index contributed by atoms with van der Waals surface area (Å²) in [7, 11) is 0. The Morgan fingerprint density at radius 1 is 0.458 bits per heavy atom. The van der Waals surface area contributed by atoms with Gasteiger partial charge in [-0.2, -0.15) is 15.0 Å². The van der Waals surface area contributed by atoms with Crippen LogP contribution in [0.3, 0.4) is 0 Å². The number of fused-ring (bicyclic) bond motifs is 5. The quantitative estimate of drug-likeness (QED) is 0.0171. The molecule has 17 rings (SSSR count). The second kappa shape index (κ2) is 32.0. The Labute approximate surface area is 642 Å². The molecule has 0 bridgehead atoms. The highest BCUT2D eigenvalue weighted by Gasteiger charge is 2.55. The monoisotopic (exact) mass is 1550 g/mol. The SMILES string of the molecule is Cc1nc(NCc2cccs2)nc(N[C@@H]2C[C@H](CN)[C@@H](O)[C@H]2O)c1-c1nc2ccccc2s1.Cc1nc(NCc2cccs2)nc(N[C@@H]2C[C@H](CN)[C@H]3OC(C)(C)O[C@H]32)c1-c1nc2ccccc2s1.Cc1nc(NCc2cccs2)nc(N[C@@H]2C[C@H](CN=[N+]=[N-])[C@H]3OC(C)(C)O[C@H]32)c1-c1nc2ccccc2s1. The molecule has 2 aliphatic heterocycles. The zero-order valence-corrected chi connectivity index (χ0v) is 64.8. The molecule has 11 heterocycles. The van der Waals surface area contributed by atoms with Crippen LogP contribution >= 0.6 is 68.0 Å². The van der Waals surface area contributed by atoms with E-state index in [0.29, 0.717) is 75.2 Å². The number of ether oxygens (including phenoxy) is 4. The van der Waals surface area contributed by atoms with Crippen molar-refractivity contribution in [1.82, 2.24) is 44.9 Å². The number of nitrogens with zero attached hydrogens (tertiary/aromatic N) is 12. The fraction of sp³-hybridized carbons (Fsp3) is 0.400. The predicted molar refractivity (Wildman–Crippen MR) is 429 cm³/mol. The number of aromatic nitrogens is 9. The van der Waals surface area contributed by atoms with Gasteiger partial charge in [-0.15, -0.1) is 68.0 Å². The van der Waals surface area contributed by atoms with E-state index >= 15 is 0 Å². The summed E-state index contributed by atoms with van der Waals surface area (Å²) in [6.45, 7) is 16.9. The van der Waals surface area contributed by atoms with Crippen molar-refractivity contribution in [2.75, 3.05) is 51.5 Å². The number of thiophene rings is 3. The summed E-state index contributed by atoms with van der Waals surface area (Å²) in [5, 5.41) is 54.4. The number of aliphatic hydroxyl groups excluding tert-OH is 2. The molecule has 9 aromatic heterocycles. The van der Waals surface area contributed by atoms with Crippen molar-refractivity contribution in [3.8, 4) is 31.7 Å². The second-order valence-corrected chi connectivity index (χ2v) is 34.3. The smallest absolute Gasteiger partial charge is 0.225 e. The van der Waals surface area contributed by atoms with Crippen LogP contribution in [0.2, 0.25) is 0 Å². The van der Waals surface area contributed by atoms with Crippen molar-refractivity contribution in [2.45, 2.75) is 154 Å². The minimum Gasteiger partial charge on any atom is -0.390 e. The Morgan fingerprint density at radius 3 is 1.17 bits per heavy atom. The summed E-state index contributed by atoms with van der Waals surface area (Å²) >= 11 is 9.92. The lowest BCUT2D eigenvalue weighted by atomic mass is 10.1. The third kappa shape index (κ3) is 16.4. The number of rotatable bonds is 22. The van der Waals surface area contributed by atoms with Gasteiger partial charge >= 0.3 is 0 Å². The van der Waals surface area contributed by atoms with Crippen LogP contribution in [0, 0.1) is 38.5 Å². The molecule has 0 radical (unpaired) electrons. The van der Waals surface area contributed by atoms with Gasteiger partial charge in [0.2, 0.25) is 17.8 Å². The first-order valence-electron chi connectivity index (χ1n) is 35.6. The molecule has 107 heavy (non-hydrogen) atoms. The first-order chi connectivity index (χ1) is 51.8. The van der Waals surface area contributed by atoms with E-state index in [1.54, 1.807) is 68.0 Å². The molecule has 5 aliphatic rings. The molecule has 12 N–H and O–H groups in total. The lowest BCUT2D eigenvalue weighted by molar-refractivity contribution is -0.157. The van der Waals surface area contributed by atoms with Gasteiger partial charge in [-0.25, -0.2) is 29.9 Å². The summed E-state index contributed by atoms with van der Waals surface area (Å²) < 4.78 is 28.4. The van der Waals surface area contributed by atoms with E-state index in [9.17, 15) is 10.2 Å². The number of benzene rings is 3. The molecule has 3 saturated carbocycles. The van der Waals surface area contributed by atoms with Crippen molar-refractivity contribution in [2.24, 2.45) is 34.3 Å². The standard InChI is InChI=1S/C26H28N8O2S2.C26H30N6O2S2.C23H26N6O2S2/c1-14-20(24-32-17-8-4-5-9-19(17)38-24)23(33-25(30-14)28-13-16-7-6-10-37-16)31-18-11-15(12-29-34-27)21-22(18)36-26(2,3)35-21;1-14-20(24-31-17-8-4-5-9-19(17)36-24)23(32-25(29-14)28-13-16-7-6-10-35-16)30-18-11-15(12-27)21-22(18)34-26(2,3)33-21;1-12-18(22-28-15-6-2-3-7-17(15)33-22)21(27-16-9-13(10-24)19(30)20(16)31)29-23(26-12)25-11-14-5-4-8-32-14/h4-10,15,18,21-22H,11-13H2,1-3H3,(H2,28,30,31,33);4-10,15,18,21-22H,11-13,27H2,1-3H3,(H2,28,29,30,32);2-8,13,16,19-20,30-31H,9-11,24H2,1H3,(H2,25,26,27,29)/t2*15-,18-,21-,22+;13-,16-,19-,20+/m111/s1. The number of nitrogens with two attached hydrogens (primary N) is 2. The lowest BCUT2D eigenvalue weighted by Gasteiger charge is -2.25. The zero-order chi connectivity index (χ0) is 74.1. The van der Waals surface area contributed by atoms with E-state index in [-0.39, 0.29) is 60.3 Å². The molecule has 12 atom stereocenters. The highest BCUT2D eigenvalue weighted by Crippen LogP contribution is 2.47. The number of nitrogens with one attached hydrogen (secondary N) is 6. The lowest BCUT2D eigenvalue weighted by Crippen LogP contribution is -2.36. The number of anilines is 6. The molecule has 26 nitrogen and oxygen atoms in total. The van der Waals surface area contributed by atoms with Crippen molar-refractivity contribution < 1.29 is 29.2 Å². The maximum Gasteiger partial charge on any atom is 0.225 e. The number of hydrogen-bond acceptors (Lipinski definition) is 30. The molecule has 3 aliphatic carbocycles. The number of aryl methyl sites for hydroxylation is 3. The predicted octanol–water partition coefficient (Wildman–Crippen LogP) is 14.6. The third-order valence-corrected chi connectivity index (χ3v) is 25.5. The summed E-state index contributed by atoms with van der Waals surface area (Å²) in [6, 6.07) is 36.2. The average Bonchev–Trinajstić information content (AvgIpc) is 1.63. The summed E-state index contributed by atoms with van der Waals surface area (Å²) in [5.74, 6) is 2.43. The van der Waals surface area contributed by atoms with Gasteiger partial charge in [0.15, 0.2) is 11.6 Å². The van der Waals surface area contributed by atoms with Crippen molar-refractivity contribution in [3.05, 3.63) is 167 Å². The van der Waals surface area contributed by atoms with E-state index in [1.165, 1.54) is 14.6 Å². The maximum atomic E-state index is 10.6. The van der Waals surface area contributed by atoms with Gasteiger partial charge in [0.25, 0.3) is 0 Å². The largest absolute Gasteiger partial charge is 0.390 e. The van der Waals surface area contributed by atoms with Crippen LogP contribution in [0.5, 0.6) is 0 Å². The Morgan fingerprint density at radius 2 is 0.813 bits per heavy atom. The van der Waals surface area contributed by atoms with Crippen LogP contribution in [0.4, 0.5) is 35.3 Å². The molecule has 3 aromatic carbocycles. The van der Waals surface area contributed by atoms with Crippen LogP contribution in [0.25, 0.3) is 72.8 Å².